The lowest BCUT2D eigenvalue weighted by Crippen LogP contribution is -2.18. The van der Waals surface area contributed by atoms with Crippen molar-refractivity contribution in [2.45, 2.75) is 17.6 Å². The van der Waals surface area contributed by atoms with Crippen molar-refractivity contribution >= 4 is 27.2 Å². The molecule has 1 amide bonds. The van der Waals surface area contributed by atoms with Crippen LogP contribution in [0.25, 0.3) is 11.3 Å². The predicted octanol–water partition coefficient (Wildman–Crippen LogP) is 2.83. The maximum absolute atomic E-state index is 12.8. The molecule has 0 bridgehead atoms. The lowest BCUT2D eigenvalue weighted by Gasteiger charge is -2.18. The van der Waals surface area contributed by atoms with E-state index < -0.39 is 15.7 Å². The molecule has 3 aromatic rings. The number of benzene rings is 2. The summed E-state index contributed by atoms with van der Waals surface area (Å²) >= 11 is 0. The summed E-state index contributed by atoms with van der Waals surface area (Å²) in [6, 6.07) is 13.3. The summed E-state index contributed by atoms with van der Waals surface area (Å²) in [7, 11) is -1.89. The summed E-state index contributed by atoms with van der Waals surface area (Å²) in [6.45, 7) is 1.44. The van der Waals surface area contributed by atoms with E-state index in [9.17, 15) is 18.0 Å². The largest absolute Gasteiger partial charge is 0.321 e. The standard InChI is InChI=1S/C20H17N3O4S/c1-12(24)13-6-5-7-14(10-13)21-20(25)18-16-11-28(26,27)17-9-4-3-8-15(17)19(16)23(2)22-18/h3-10H,11H2,1-2H3,(H,21,25). The van der Waals surface area contributed by atoms with Crippen molar-refractivity contribution in [3.05, 3.63) is 65.4 Å². The molecule has 1 aliphatic rings. The molecule has 0 saturated heterocycles. The average molecular weight is 395 g/mol. The first-order valence-corrected chi connectivity index (χ1v) is 10.2. The van der Waals surface area contributed by atoms with Gasteiger partial charge in [0.1, 0.15) is 0 Å². The molecule has 1 aliphatic heterocycles. The van der Waals surface area contributed by atoms with E-state index in [1.54, 1.807) is 55.6 Å². The molecule has 2 aromatic carbocycles. The van der Waals surface area contributed by atoms with Crippen LogP contribution in [0.15, 0.2) is 53.4 Å². The van der Waals surface area contributed by atoms with E-state index in [2.05, 4.69) is 10.4 Å². The second kappa shape index (κ2) is 6.42. The van der Waals surface area contributed by atoms with Gasteiger partial charge < -0.3 is 5.32 Å². The van der Waals surface area contributed by atoms with E-state index in [-0.39, 0.29) is 22.1 Å². The predicted molar refractivity (Wildman–Crippen MR) is 104 cm³/mol. The number of ketones is 1. The van der Waals surface area contributed by atoms with Crippen molar-refractivity contribution in [1.82, 2.24) is 9.78 Å². The smallest absolute Gasteiger partial charge is 0.276 e. The number of aromatic nitrogens is 2. The van der Waals surface area contributed by atoms with Gasteiger partial charge in [0.2, 0.25) is 0 Å². The summed E-state index contributed by atoms with van der Waals surface area (Å²) < 4.78 is 26.9. The Bertz CT molecular complexity index is 1240. The molecule has 2 heterocycles. The molecule has 0 aliphatic carbocycles. The highest BCUT2D eigenvalue weighted by Crippen LogP contribution is 2.39. The Morgan fingerprint density at radius 1 is 1.11 bits per heavy atom. The van der Waals surface area contributed by atoms with Crippen LogP contribution in [0.2, 0.25) is 0 Å². The first kappa shape index (κ1) is 18.1. The number of hydrogen-bond donors (Lipinski definition) is 1. The summed E-state index contributed by atoms with van der Waals surface area (Å²) in [5.74, 6) is -0.926. The Labute approximate surface area is 161 Å². The molecule has 0 saturated carbocycles. The van der Waals surface area contributed by atoms with Crippen molar-refractivity contribution in [3.63, 3.8) is 0 Å². The molecule has 0 spiro atoms. The van der Waals surface area contributed by atoms with Crippen molar-refractivity contribution in [2.75, 3.05) is 5.32 Å². The molecule has 7 nitrogen and oxygen atoms in total. The van der Waals surface area contributed by atoms with Crippen LogP contribution in [0.4, 0.5) is 5.69 Å². The van der Waals surface area contributed by atoms with Gasteiger partial charge in [-0.1, -0.05) is 30.3 Å². The number of carbonyl (C=O) groups is 2. The van der Waals surface area contributed by atoms with Crippen LogP contribution >= 0.6 is 0 Å². The van der Waals surface area contributed by atoms with Gasteiger partial charge in [-0.15, -0.1) is 0 Å². The maximum atomic E-state index is 12.8. The average Bonchev–Trinajstić information content (AvgIpc) is 2.98. The molecule has 8 heteroatoms. The molecule has 4 rings (SSSR count). The zero-order chi connectivity index (χ0) is 20.1. The minimum absolute atomic E-state index is 0.0591. The van der Waals surface area contributed by atoms with Gasteiger partial charge in [0, 0.05) is 29.4 Å². The highest BCUT2D eigenvalue weighted by Gasteiger charge is 2.34. The number of Topliss-reactive ketones (excluding diaryl/α,β-unsaturated/α-hetero) is 1. The van der Waals surface area contributed by atoms with Gasteiger partial charge in [-0.2, -0.15) is 5.10 Å². The maximum Gasteiger partial charge on any atom is 0.276 e. The van der Waals surface area contributed by atoms with Gasteiger partial charge in [-0.05, 0) is 25.1 Å². The van der Waals surface area contributed by atoms with E-state index >= 15 is 0 Å². The van der Waals surface area contributed by atoms with Crippen LogP contribution in [-0.2, 0) is 22.6 Å². The number of rotatable bonds is 3. The van der Waals surface area contributed by atoms with E-state index in [1.165, 1.54) is 11.6 Å². The second-order valence-corrected chi connectivity index (χ2v) is 8.60. The Balaban J connectivity index is 1.77. The molecule has 28 heavy (non-hydrogen) atoms. The molecular weight excluding hydrogens is 378 g/mol. The first-order valence-electron chi connectivity index (χ1n) is 8.58. The van der Waals surface area contributed by atoms with Crippen molar-refractivity contribution in [3.8, 4) is 11.3 Å². The summed E-state index contributed by atoms with van der Waals surface area (Å²) in [5.41, 5.74) is 2.50. The van der Waals surface area contributed by atoms with Gasteiger partial charge in [-0.3, -0.25) is 14.3 Å². The van der Waals surface area contributed by atoms with Crippen molar-refractivity contribution < 1.29 is 18.0 Å². The minimum atomic E-state index is -3.57. The number of nitrogens with zero attached hydrogens (tertiary/aromatic N) is 2. The first-order chi connectivity index (χ1) is 13.3. The van der Waals surface area contributed by atoms with Crippen LogP contribution in [-0.4, -0.2) is 29.9 Å². The number of carbonyl (C=O) groups excluding carboxylic acids is 2. The number of amides is 1. The summed E-state index contributed by atoms with van der Waals surface area (Å²) in [4.78, 5) is 24.6. The number of hydrogen-bond acceptors (Lipinski definition) is 5. The van der Waals surface area contributed by atoms with Gasteiger partial charge in [-0.25, -0.2) is 8.42 Å². The Morgan fingerprint density at radius 3 is 2.61 bits per heavy atom. The zero-order valence-corrected chi connectivity index (χ0v) is 16.1. The Morgan fingerprint density at radius 2 is 1.86 bits per heavy atom. The van der Waals surface area contributed by atoms with Crippen LogP contribution < -0.4 is 5.32 Å². The highest BCUT2D eigenvalue weighted by molar-refractivity contribution is 7.90. The minimum Gasteiger partial charge on any atom is -0.321 e. The SMILES string of the molecule is CC(=O)c1cccc(NC(=O)c2nn(C)c3c2CS(=O)(=O)c2ccccc2-3)c1. The molecule has 0 atom stereocenters. The molecule has 1 N–H and O–H groups in total. The number of aryl methyl sites for hydroxylation is 1. The van der Waals surface area contributed by atoms with Gasteiger partial charge in [0.15, 0.2) is 21.3 Å². The lowest BCUT2D eigenvalue weighted by atomic mass is 10.1. The fourth-order valence-electron chi connectivity index (χ4n) is 3.43. The van der Waals surface area contributed by atoms with E-state index in [4.69, 9.17) is 0 Å². The number of fused-ring (bicyclic) bond motifs is 3. The molecule has 0 unspecified atom stereocenters. The fourth-order valence-corrected chi connectivity index (χ4v) is 5.03. The fraction of sp³-hybridized carbons (Fsp3) is 0.150. The topological polar surface area (TPSA) is 98.1 Å². The lowest BCUT2D eigenvalue weighted by molar-refractivity contribution is 0.100. The van der Waals surface area contributed by atoms with Crippen LogP contribution in [0.1, 0.15) is 33.3 Å². The monoisotopic (exact) mass is 395 g/mol. The molecule has 0 fully saturated rings. The van der Waals surface area contributed by atoms with Crippen LogP contribution in [0.5, 0.6) is 0 Å². The third kappa shape index (κ3) is 2.91. The number of sulfone groups is 1. The quantitative estimate of drug-likeness (QED) is 0.688. The zero-order valence-electron chi connectivity index (χ0n) is 15.3. The molecular formula is C20H17N3O4S. The highest BCUT2D eigenvalue weighted by atomic mass is 32.2. The van der Waals surface area contributed by atoms with E-state index in [0.29, 0.717) is 28.1 Å². The van der Waals surface area contributed by atoms with Gasteiger partial charge >= 0.3 is 0 Å². The van der Waals surface area contributed by atoms with Crippen molar-refractivity contribution in [2.24, 2.45) is 7.05 Å². The van der Waals surface area contributed by atoms with Crippen LogP contribution in [0, 0.1) is 0 Å². The number of anilines is 1. The summed E-state index contributed by atoms with van der Waals surface area (Å²) in [5, 5.41) is 6.99. The molecule has 0 radical (unpaired) electrons. The van der Waals surface area contributed by atoms with Gasteiger partial charge in [0.25, 0.3) is 5.91 Å². The third-order valence-electron chi connectivity index (χ3n) is 4.70. The Kier molecular flexibility index (Phi) is 4.15. The Hall–Kier alpha value is -3.26. The molecule has 142 valence electrons. The normalized spacial score (nSPS) is 14.1. The van der Waals surface area contributed by atoms with Crippen molar-refractivity contribution in [1.29, 1.82) is 0 Å². The number of nitrogens with one attached hydrogen (secondary N) is 1. The third-order valence-corrected chi connectivity index (χ3v) is 6.39. The summed E-state index contributed by atoms with van der Waals surface area (Å²) in [6.07, 6.45) is 0. The van der Waals surface area contributed by atoms with Gasteiger partial charge in [0.05, 0.1) is 16.3 Å². The van der Waals surface area contributed by atoms with Crippen LogP contribution in [0.3, 0.4) is 0 Å². The second-order valence-electron chi connectivity index (χ2n) is 6.65. The van der Waals surface area contributed by atoms with E-state index in [1.807, 2.05) is 0 Å². The van der Waals surface area contributed by atoms with E-state index in [0.717, 1.165) is 0 Å². The molecule has 1 aromatic heterocycles.